The molecule has 0 radical (unpaired) electrons. The molecule has 1 amide bonds. The Balaban J connectivity index is 1.65. The van der Waals surface area contributed by atoms with Gasteiger partial charge < -0.3 is 14.0 Å². The summed E-state index contributed by atoms with van der Waals surface area (Å²) in [7, 11) is 1.49. The SMILES string of the molecule is COC(=O)c1nnn(C(C)C)c1C1=Cc2cc(OC)ccc2-c2c(C3CCCCC3)c3ccc(C(=O)NS(=O)C(C)C)cc3n2C1. The summed E-state index contributed by atoms with van der Waals surface area (Å²) in [6.07, 6.45) is 7.82. The Morgan fingerprint density at radius 2 is 1.76 bits per heavy atom. The third-order valence-corrected chi connectivity index (χ3v) is 10.3. The maximum absolute atomic E-state index is 13.3. The fourth-order valence-electron chi connectivity index (χ4n) is 6.78. The average Bonchev–Trinajstić information content (AvgIpc) is 3.59. The lowest BCUT2D eigenvalue weighted by Gasteiger charge is -2.24. The standard InChI is InChI=1S/C35H41N5O5S/c1-20(2)40-32(31(36-38-40)35(42)45-6)25-16-24-17-26(44-5)13-15-27(24)33-30(22-10-8-7-9-11-22)28-14-12-23(18-29(28)39(33)19-25)34(41)37-46(43)21(3)4/h12-18,20-22H,7-11,19H2,1-6H3,(H,37,41). The van der Waals surface area contributed by atoms with E-state index in [1.54, 1.807) is 11.8 Å². The molecule has 2 aliphatic rings. The van der Waals surface area contributed by atoms with Crippen LogP contribution in [0.2, 0.25) is 0 Å². The number of ether oxygens (including phenoxy) is 2. The number of rotatable bonds is 8. The molecule has 46 heavy (non-hydrogen) atoms. The molecule has 4 aromatic rings. The van der Waals surface area contributed by atoms with Gasteiger partial charge in [-0.15, -0.1) is 5.10 Å². The van der Waals surface area contributed by atoms with Crippen molar-refractivity contribution in [2.75, 3.05) is 14.2 Å². The van der Waals surface area contributed by atoms with Gasteiger partial charge in [0.25, 0.3) is 5.91 Å². The van der Waals surface area contributed by atoms with E-state index in [0.29, 0.717) is 23.7 Å². The number of nitrogens with zero attached hydrogens (tertiary/aromatic N) is 4. The molecule has 2 aromatic heterocycles. The van der Waals surface area contributed by atoms with Crippen LogP contribution in [-0.2, 0) is 22.3 Å². The number of carbonyl (C=O) groups excluding carboxylic acids is 2. The number of hydrogen-bond acceptors (Lipinski definition) is 7. The van der Waals surface area contributed by atoms with Gasteiger partial charge in [-0.25, -0.2) is 13.7 Å². The van der Waals surface area contributed by atoms with Gasteiger partial charge in [-0.2, -0.15) is 0 Å². The molecule has 1 saturated carbocycles. The summed E-state index contributed by atoms with van der Waals surface area (Å²) < 4.78 is 30.0. The molecule has 1 fully saturated rings. The minimum absolute atomic E-state index is 0.0781. The molecule has 3 heterocycles. The topological polar surface area (TPSA) is 117 Å². The van der Waals surface area contributed by atoms with Crippen LogP contribution in [0, 0.1) is 0 Å². The Bertz CT molecular complexity index is 1880. The smallest absolute Gasteiger partial charge is 0.360 e. The highest BCUT2D eigenvalue weighted by atomic mass is 32.2. The molecular formula is C35H41N5O5S. The fourth-order valence-corrected chi connectivity index (χ4v) is 7.32. The van der Waals surface area contributed by atoms with Crippen molar-refractivity contribution in [3.8, 4) is 17.0 Å². The molecule has 242 valence electrons. The van der Waals surface area contributed by atoms with Gasteiger partial charge >= 0.3 is 5.97 Å². The van der Waals surface area contributed by atoms with Gasteiger partial charge in [0.05, 0.1) is 26.5 Å². The molecule has 0 bridgehead atoms. The Hall–Kier alpha value is -4.25. The van der Waals surface area contributed by atoms with E-state index in [-0.39, 0.29) is 22.9 Å². The number of hydrogen-bond donors (Lipinski definition) is 1. The fraction of sp³-hybridized carbons (Fsp3) is 0.429. The lowest BCUT2D eigenvalue weighted by molar-refractivity contribution is 0.0593. The first-order valence-electron chi connectivity index (χ1n) is 15.9. The van der Waals surface area contributed by atoms with Crippen LogP contribution in [0.4, 0.5) is 0 Å². The number of allylic oxidation sites excluding steroid dienone is 1. The highest BCUT2D eigenvalue weighted by Gasteiger charge is 2.32. The second kappa shape index (κ2) is 12.9. The van der Waals surface area contributed by atoms with Crippen LogP contribution in [0.25, 0.3) is 33.8 Å². The number of fused-ring (bicyclic) bond motifs is 5. The second-order valence-electron chi connectivity index (χ2n) is 12.6. The molecule has 1 N–H and O–H groups in total. The number of aromatic nitrogens is 4. The zero-order valence-electron chi connectivity index (χ0n) is 27.3. The van der Waals surface area contributed by atoms with Gasteiger partial charge in [0.1, 0.15) is 22.4 Å². The molecule has 0 saturated heterocycles. The van der Waals surface area contributed by atoms with E-state index in [1.165, 1.54) is 31.9 Å². The van der Waals surface area contributed by atoms with Crippen molar-refractivity contribution < 1.29 is 23.3 Å². The number of carbonyl (C=O) groups is 2. The molecule has 10 nitrogen and oxygen atoms in total. The number of methoxy groups -OCH3 is 2. The van der Waals surface area contributed by atoms with Crippen LogP contribution in [0.15, 0.2) is 36.4 Å². The predicted molar refractivity (Wildman–Crippen MR) is 180 cm³/mol. The zero-order chi connectivity index (χ0) is 32.7. The van der Waals surface area contributed by atoms with Gasteiger partial charge in [0.2, 0.25) is 0 Å². The minimum Gasteiger partial charge on any atom is -0.497 e. The van der Waals surface area contributed by atoms with Gasteiger partial charge in [-0.05, 0) is 94.0 Å². The summed E-state index contributed by atoms with van der Waals surface area (Å²) in [5.74, 6) is 0.133. The first kappa shape index (κ1) is 31.7. The van der Waals surface area contributed by atoms with Crippen molar-refractivity contribution in [3.05, 3.63) is 64.5 Å². The van der Waals surface area contributed by atoms with Crippen LogP contribution in [0.1, 0.15) is 109 Å². The summed E-state index contributed by atoms with van der Waals surface area (Å²) in [5, 5.41) is 9.51. The third-order valence-electron chi connectivity index (χ3n) is 9.04. The minimum atomic E-state index is -1.50. The Labute approximate surface area is 271 Å². The molecule has 1 unspecified atom stereocenters. The lowest BCUT2D eigenvalue weighted by atomic mass is 9.81. The van der Waals surface area contributed by atoms with E-state index < -0.39 is 17.0 Å². The largest absolute Gasteiger partial charge is 0.497 e. The van der Waals surface area contributed by atoms with Gasteiger partial charge in [-0.3, -0.25) is 9.52 Å². The van der Waals surface area contributed by atoms with E-state index in [2.05, 4.69) is 31.7 Å². The quantitative estimate of drug-likeness (QED) is 0.213. The van der Waals surface area contributed by atoms with Crippen molar-refractivity contribution >= 4 is 45.4 Å². The molecule has 1 aliphatic carbocycles. The van der Waals surface area contributed by atoms with Crippen molar-refractivity contribution in [3.63, 3.8) is 0 Å². The van der Waals surface area contributed by atoms with Gasteiger partial charge in [0.15, 0.2) is 5.69 Å². The van der Waals surface area contributed by atoms with E-state index in [1.807, 2.05) is 58.0 Å². The Morgan fingerprint density at radius 1 is 1.00 bits per heavy atom. The molecule has 11 heteroatoms. The number of nitrogens with one attached hydrogen (secondary N) is 1. The highest BCUT2D eigenvalue weighted by molar-refractivity contribution is 7.84. The molecule has 1 aliphatic heterocycles. The second-order valence-corrected chi connectivity index (χ2v) is 14.4. The summed E-state index contributed by atoms with van der Waals surface area (Å²) in [6.45, 7) is 8.00. The van der Waals surface area contributed by atoms with E-state index in [9.17, 15) is 13.8 Å². The van der Waals surface area contributed by atoms with Gasteiger partial charge in [-0.1, -0.05) is 30.5 Å². The molecule has 6 rings (SSSR count). The Kier molecular flexibility index (Phi) is 8.87. The van der Waals surface area contributed by atoms with Crippen molar-refractivity contribution in [1.82, 2.24) is 24.3 Å². The summed E-state index contributed by atoms with van der Waals surface area (Å²) >= 11 is 0. The maximum atomic E-state index is 13.3. The molecular weight excluding hydrogens is 602 g/mol. The lowest BCUT2D eigenvalue weighted by Crippen LogP contribution is -2.30. The zero-order valence-corrected chi connectivity index (χ0v) is 28.1. The average molecular weight is 644 g/mol. The van der Waals surface area contributed by atoms with E-state index in [4.69, 9.17) is 9.47 Å². The van der Waals surface area contributed by atoms with Crippen LogP contribution in [0.5, 0.6) is 5.75 Å². The predicted octanol–water partition coefficient (Wildman–Crippen LogP) is 6.68. The van der Waals surface area contributed by atoms with E-state index in [0.717, 1.165) is 51.9 Å². The monoisotopic (exact) mass is 643 g/mol. The molecule has 0 spiro atoms. The van der Waals surface area contributed by atoms with Crippen molar-refractivity contribution in [1.29, 1.82) is 0 Å². The third kappa shape index (κ3) is 5.65. The number of esters is 1. The first-order chi connectivity index (χ1) is 22.1. The molecule has 1 atom stereocenters. The summed E-state index contributed by atoms with van der Waals surface area (Å²) in [6, 6.07) is 11.8. The van der Waals surface area contributed by atoms with Crippen molar-refractivity contribution in [2.24, 2.45) is 0 Å². The van der Waals surface area contributed by atoms with Crippen LogP contribution in [0.3, 0.4) is 0 Å². The van der Waals surface area contributed by atoms with Gasteiger partial charge in [0, 0.05) is 38.9 Å². The normalized spacial score (nSPS) is 15.7. The Morgan fingerprint density at radius 3 is 2.43 bits per heavy atom. The van der Waals surface area contributed by atoms with Crippen molar-refractivity contribution in [2.45, 2.75) is 83.6 Å². The van der Waals surface area contributed by atoms with Crippen LogP contribution < -0.4 is 9.46 Å². The van der Waals surface area contributed by atoms with Crippen LogP contribution >= 0.6 is 0 Å². The number of benzene rings is 2. The van der Waals surface area contributed by atoms with Crippen LogP contribution in [-0.4, -0.2) is 55.1 Å². The summed E-state index contributed by atoms with van der Waals surface area (Å²) in [4.78, 5) is 26.3. The maximum Gasteiger partial charge on any atom is 0.360 e. The first-order valence-corrected chi connectivity index (χ1v) is 17.1. The van der Waals surface area contributed by atoms with E-state index >= 15 is 0 Å². The number of amides is 1. The summed E-state index contributed by atoms with van der Waals surface area (Å²) in [5.41, 5.74) is 7.27. The highest BCUT2D eigenvalue weighted by Crippen LogP contribution is 2.48. The molecule has 2 aromatic carbocycles.